The van der Waals surface area contributed by atoms with Gasteiger partial charge in [-0.25, -0.2) is 4.99 Å². The van der Waals surface area contributed by atoms with Crippen molar-refractivity contribution in [1.29, 1.82) is 5.26 Å². The summed E-state index contributed by atoms with van der Waals surface area (Å²) in [7, 11) is 3.14. The van der Waals surface area contributed by atoms with Gasteiger partial charge in [0.05, 0.1) is 30.1 Å². The average molecular weight is 591 g/mol. The molecule has 0 unspecified atom stereocenters. The van der Waals surface area contributed by atoms with Gasteiger partial charge in [-0.3, -0.25) is 20.2 Å². The summed E-state index contributed by atoms with van der Waals surface area (Å²) >= 11 is 0. The van der Waals surface area contributed by atoms with Crippen LogP contribution in [0.15, 0.2) is 100 Å². The first kappa shape index (κ1) is 29.0. The SMILES string of the molecule is COc1ccc(-c2oc(N=Cc3ccc(Oc4ccc([N+](=O)[O-])cc4[N+](=O)[O-])cc3)c(C#N)c2-c2ccc(OC)cc2)cc1. The van der Waals surface area contributed by atoms with Crippen LogP contribution in [0.5, 0.6) is 23.0 Å². The zero-order valence-electron chi connectivity index (χ0n) is 23.3. The molecular weight excluding hydrogens is 568 g/mol. The Balaban J connectivity index is 1.46. The number of non-ortho nitro benzene ring substituents is 1. The summed E-state index contributed by atoms with van der Waals surface area (Å²) in [4.78, 5) is 25.4. The molecule has 5 aromatic rings. The minimum atomic E-state index is -0.750. The minimum Gasteiger partial charge on any atom is -0.497 e. The Morgan fingerprint density at radius 2 is 1.39 bits per heavy atom. The fourth-order valence-corrected chi connectivity index (χ4v) is 4.32. The van der Waals surface area contributed by atoms with Crippen molar-refractivity contribution in [3.05, 3.63) is 122 Å². The Morgan fingerprint density at radius 3 is 1.93 bits per heavy atom. The predicted molar refractivity (Wildman–Crippen MR) is 161 cm³/mol. The Labute approximate surface area is 250 Å². The molecule has 0 radical (unpaired) electrons. The molecule has 44 heavy (non-hydrogen) atoms. The molecule has 0 atom stereocenters. The van der Waals surface area contributed by atoms with E-state index in [9.17, 15) is 25.5 Å². The number of hydrogen-bond donors (Lipinski definition) is 0. The zero-order valence-corrected chi connectivity index (χ0v) is 23.3. The first-order chi connectivity index (χ1) is 21.3. The average Bonchev–Trinajstić information content (AvgIpc) is 3.43. The van der Waals surface area contributed by atoms with Gasteiger partial charge in [0, 0.05) is 23.4 Å². The van der Waals surface area contributed by atoms with Crippen LogP contribution in [0.4, 0.5) is 17.3 Å². The number of nitro groups is 2. The fourth-order valence-electron chi connectivity index (χ4n) is 4.32. The Hall–Kier alpha value is -6.48. The number of hydrogen-bond acceptors (Lipinski definition) is 10. The van der Waals surface area contributed by atoms with Gasteiger partial charge in [-0.15, -0.1) is 0 Å². The largest absolute Gasteiger partial charge is 0.497 e. The van der Waals surface area contributed by atoms with Gasteiger partial charge in [0.2, 0.25) is 11.6 Å². The predicted octanol–water partition coefficient (Wildman–Crippen LogP) is 7.86. The van der Waals surface area contributed by atoms with E-state index in [1.165, 1.54) is 12.3 Å². The first-order valence-corrected chi connectivity index (χ1v) is 12.9. The molecule has 0 aliphatic carbocycles. The summed E-state index contributed by atoms with van der Waals surface area (Å²) in [6, 6.07) is 26.3. The van der Waals surface area contributed by atoms with Crippen molar-refractivity contribution in [2.24, 2.45) is 4.99 Å². The van der Waals surface area contributed by atoms with Gasteiger partial charge in [0.1, 0.15) is 34.6 Å². The molecule has 4 aromatic carbocycles. The van der Waals surface area contributed by atoms with Crippen molar-refractivity contribution in [3.63, 3.8) is 0 Å². The molecule has 0 aliphatic heterocycles. The van der Waals surface area contributed by atoms with Gasteiger partial charge < -0.3 is 18.6 Å². The van der Waals surface area contributed by atoms with E-state index in [0.29, 0.717) is 28.4 Å². The topological polar surface area (TPSA) is 163 Å². The number of nitriles is 1. The molecule has 1 aromatic heterocycles. The maximum absolute atomic E-state index is 11.4. The van der Waals surface area contributed by atoms with E-state index in [4.69, 9.17) is 18.6 Å². The summed E-state index contributed by atoms with van der Waals surface area (Å²) in [5, 5.41) is 32.6. The highest BCUT2D eigenvalue weighted by Gasteiger charge is 2.24. The quantitative estimate of drug-likeness (QED) is 0.0894. The molecule has 0 bridgehead atoms. The standard InChI is InChI=1S/C32H22N4O8/c1-41-24-12-5-21(6-13-24)30-27(18-33)32(44-31(30)22-7-14-25(42-2)15-8-22)34-19-20-3-10-26(11-4-20)43-29-16-9-23(35(37)38)17-28(29)36(39)40/h3-17,19H,1-2H3. The number of methoxy groups -OCH3 is 2. The molecule has 12 nitrogen and oxygen atoms in total. The summed E-state index contributed by atoms with van der Waals surface area (Å²) in [5.41, 5.74) is 1.93. The molecule has 0 saturated carbocycles. The smallest absolute Gasteiger partial charge is 0.318 e. The molecule has 0 aliphatic rings. The van der Waals surface area contributed by atoms with Crippen LogP contribution in [-0.2, 0) is 0 Å². The molecule has 0 spiro atoms. The number of nitrogens with zero attached hydrogens (tertiary/aromatic N) is 4. The second kappa shape index (κ2) is 12.6. The normalized spacial score (nSPS) is 10.8. The highest BCUT2D eigenvalue weighted by atomic mass is 16.6. The van der Waals surface area contributed by atoms with E-state index in [1.54, 1.807) is 62.8 Å². The molecule has 1 heterocycles. The number of ether oxygens (including phenoxy) is 3. The fraction of sp³-hybridized carbons (Fsp3) is 0.0625. The number of nitro benzene ring substituents is 2. The van der Waals surface area contributed by atoms with Crippen LogP contribution < -0.4 is 14.2 Å². The van der Waals surface area contributed by atoms with E-state index in [-0.39, 0.29) is 22.9 Å². The van der Waals surface area contributed by atoms with Crippen molar-refractivity contribution in [3.8, 4) is 51.5 Å². The van der Waals surface area contributed by atoms with Crippen LogP contribution in [0.25, 0.3) is 22.5 Å². The molecule has 0 saturated heterocycles. The van der Waals surface area contributed by atoms with Crippen LogP contribution in [0.1, 0.15) is 11.1 Å². The van der Waals surface area contributed by atoms with Crippen molar-refractivity contribution in [2.45, 2.75) is 0 Å². The third-order valence-corrected chi connectivity index (χ3v) is 6.52. The lowest BCUT2D eigenvalue weighted by Crippen LogP contribution is -1.96. The Kier molecular flexibility index (Phi) is 8.30. The lowest BCUT2D eigenvalue weighted by Gasteiger charge is -2.06. The summed E-state index contributed by atoms with van der Waals surface area (Å²) in [5.74, 6) is 2.00. The third-order valence-electron chi connectivity index (χ3n) is 6.52. The van der Waals surface area contributed by atoms with Crippen LogP contribution in [0.2, 0.25) is 0 Å². The van der Waals surface area contributed by atoms with Crippen molar-refractivity contribution in [1.82, 2.24) is 0 Å². The zero-order chi connectivity index (χ0) is 31.2. The molecule has 12 heteroatoms. The minimum absolute atomic E-state index is 0.103. The van der Waals surface area contributed by atoms with E-state index in [2.05, 4.69) is 11.1 Å². The summed E-state index contributed by atoms with van der Waals surface area (Å²) in [6.07, 6.45) is 1.51. The monoisotopic (exact) mass is 590 g/mol. The van der Waals surface area contributed by atoms with Crippen LogP contribution in [0, 0.1) is 31.6 Å². The van der Waals surface area contributed by atoms with Crippen LogP contribution in [0.3, 0.4) is 0 Å². The molecule has 0 N–H and O–H groups in total. The van der Waals surface area contributed by atoms with Gasteiger partial charge >= 0.3 is 5.69 Å². The summed E-state index contributed by atoms with van der Waals surface area (Å²) in [6.45, 7) is 0. The number of benzene rings is 4. The molecule has 0 fully saturated rings. The van der Waals surface area contributed by atoms with E-state index in [0.717, 1.165) is 23.3 Å². The summed E-state index contributed by atoms with van der Waals surface area (Å²) < 4.78 is 22.3. The van der Waals surface area contributed by atoms with Crippen LogP contribution >= 0.6 is 0 Å². The number of rotatable bonds is 10. The maximum Gasteiger partial charge on any atom is 0.318 e. The highest BCUT2D eigenvalue weighted by molar-refractivity contribution is 5.90. The van der Waals surface area contributed by atoms with E-state index in [1.807, 2.05) is 24.3 Å². The van der Waals surface area contributed by atoms with Crippen molar-refractivity contribution in [2.75, 3.05) is 14.2 Å². The Bertz CT molecular complexity index is 1910. The van der Waals surface area contributed by atoms with Crippen molar-refractivity contribution >= 4 is 23.5 Å². The second-order valence-corrected chi connectivity index (χ2v) is 9.15. The third kappa shape index (κ3) is 6.07. The maximum atomic E-state index is 11.4. The van der Waals surface area contributed by atoms with Crippen LogP contribution in [-0.4, -0.2) is 30.3 Å². The molecule has 0 amide bonds. The Morgan fingerprint density at radius 1 is 0.795 bits per heavy atom. The molecule has 218 valence electrons. The van der Waals surface area contributed by atoms with Gasteiger partial charge in [0.25, 0.3) is 5.69 Å². The molecule has 5 rings (SSSR count). The lowest BCUT2D eigenvalue weighted by atomic mass is 9.98. The highest BCUT2D eigenvalue weighted by Crippen LogP contribution is 2.43. The van der Waals surface area contributed by atoms with Gasteiger partial charge in [-0.05, 0) is 77.9 Å². The van der Waals surface area contributed by atoms with E-state index < -0.39 is 21.2 Å². The second-order valence-electron chi connectivity index (χ2n) is 9.15. The van der Waals surface area contributed by atoms with Gasteiger partial charge in [-0.2, -0.15) is 5.26 Å². The van der Waals surface area contributed by atoms with Crippen molar-refractivity contribution < 1.29 is 28.5 Å². The van der Waals surface area contributed by atoms with Gasteiger partial charge in [0.15, 0.2) is 0 Å². The number of aliphatic imine (C=N–C) groups is 1. The van der Waals surface area contributed by atoms with Gasteiger partial charge in [-0.1, -0.05) is 12.1 Å². The lowest BCUT2D eigenvalue weighted by molar-refractivity contribution is -0.394. The first-order valence-electron chi connectivity index (χ1n) is 12.9. The van der Waals surface area contributed by atoms with E-state index >= 15 is 0 Å². The number of furan rings is 1. The molecular formula is C32H22N4O8.